The number of amides is 1. The van der Waals surface area contributed by atoms with Gasteiger partial charge in [-0.1, -0.05) is 35.5 Å². The number of hydrogen-bond acceptors (Lipinski definition) is 5. The summed E-state index contributed by atoms with van der Waals surface area (Å²) in [6, 6.07) is 15.8. The van der Waals surface area contributed by atoms with E-state index in [1.807, 2.05) is 18.2 Å². The quantitative estimate of drug-likeness (QED) is 0.705. The highest BCUT2D eigenvalue weighted by Gasteiger charge is 2.36. The molecule has 1 saturated heterocycles. The van der Waals surface area contributed by atoms with Gasteiger partial charge in [0.05, 0.1) is 16.6 Å². The predicted octanol–water partition coefficient (Wildman–Crippen LogP) is 2.45. The zero-order valence-electron chi connectivity index (χ0n) is 14.0. The molecule has 134 valence electrons. The third-order valence-electron chi connectivity index (χ3n) is 4.78. The second-order valence-electron chi connectivity index (χ2n) is 6.41. The maximum absolute atomic E-state index is 12.7. The summed E-state index contributed by atoms with van der Waals surface area (Å²) in [6.45, 7) is 0.650. The van der Waals surface area contributed by atoms with Gasteiger partial charge in [0, 0.05) is 18.5 Å². The van der Waals surface area contributed by atoms with Crippen LogP contribution in [0.5, 0.6) is 0 Å². The first kappa shape index (κ1) is 16.8. The Labute approximate surface area is 151 Å². The molecule has 1 atom stereocenters. The highest BCUT2D eigenvalue weighted by Crippen LogP contribution is 2.25. The summed E-state index contributed by atoms with van der Waals surface area (Å²) in [5.41, 5.74) is 1.22. The molecule has 7 heteroatoms. The minimum absolute atomic E-state index is 0.106. The van der Waals surface area contributed by atoms with Crippen LogP contribution in [0.25, 0.3) is 11.0 Å². The first-order chi connectivity index (χ1) is 12.6. The van der Waals surface area contributed by atoms with E-state index in [4.69, 9.17) is 4.52 Å². The minimum Gasteiger partial charge on any atom is -0.356 e. The van der Waals surface area contributed by atoms with Crippen molar-refractivity contribution in [3.8, 4) is 0 Å². The Morgan fingerprint density at radius 2 is 1.85 bits per heavy atom. The van der Waals surface area contributed by atoms with Crippen LogP contribution < -0.4 is 0 Å². The molecule has 1 unspecified atom stereocenters. The lowest BCUT2D eigenvalue weighted by Gasteiger charge is -2.16. The molecule has 0 bridgehead atoms. The zero-order chi connectivity index (χ0) is 18.1. The number of aromatic nitrogens is 1. The summed E-state index contributed by atoms with van der Waals surface area (Å²) in [6.07, 6.45) is 0.553. The predicted molar refractivity (Wildman–Crippen MR) is 96.3 cm³/mol. The Morgan fingerprint density at radius 3 is 2.65 bits per heavy atom. The maximum atomic E-state index is 12.7. The lowest BCUT2D eigenvalue weighted by atomic mass is 10.1. The minimum atomic E-state index is -3.43. The van der Waals surface area contributed by atoms with E-state index in [1.54, 1.807) is 41.3 Å². The van der Waals surface area contributed by atoms with Crippen LogP contribution in [0, 0.1) is 0 Å². The van der Waals surface area contributed by atoms with Gasteiger partial charge in [-0.25, -0.2) is 8.42 Å². The van der Waals surface area contributed by atoms with Gasteiger partial charge in [0.2, 0.25) is 5.91 Å². The van der Waals surface area contributed by atoms with E-state index >= 15 is 0 Å². The number of carbonyl (C=O) groups is 1. The lowest BCUT2D eigenvalue weighted by Crippen LogP contribution is -2.33. The number of rotatable bonds is 4. The van der Waals surface area contributed by atoms with Crippen LogP contribution in [0.15, 0.2) is 64.0 Å². The highest BCUT2D eigenvalue weighted by molar-refractivity contribution is 7.92. The number of benzene rings is 2. The SMILES string of the molecule is O=C(Cc1noc2ccccc12)N1CCC(S(=O)(=O)c2ccccc2)C1. The van der Waals surface area contributed by atoms with E-state index in [0.29, 0.717) is 29.1 Å². The van der Waals surface area contributed by atoms with Gasteiger partial charge in [0.1, 0.15) is 5.69 Å². The van der Waals surface area contributed by atoms with E-state index < -0.39 is 15.1 Å². The molecular formula is C19H18N2O4S. The van der Waals surface area contributed by atoms with Crippen molar-refractivity contribution in [2.24, 2.45) is 0 Å². The van der Waals surface area contributed by atoms with Gasteiger partial charge in [-0.3, -0.25) is 4.79 Å². The van der Waals surface area contributed by atoms with Gasteiger partial charge in [0.15, 0.2) is 15.4 Å². The molecule has 0 spiro atoms. The van der Waals surface area contributed by atoms with Crippen molar-refractivity contribution in [1.82, 2.24) is 10.1 Å². The zero-order valence-corrected chi connectivity index (χ0v) is 14.9. The molecule has 1 amide bonds. The van der Waals surface area contributed by atoms with E-state index in [1.165, 1.54) is 0 Å². The van der Waals surface area contributed by atoms with Crippen molar-refractivity contribution >= 4 is 26.7 Å². The van der Waals surface area contributed by atoms with E-state index in [-0.39, 0.29) is 18.9 Å². The molecule has 1 aliphatic rings. The average Bonchev–Trinajstić information content (AvgIpc) is 3.31. The van der Waals surface area contributed by atoms with Crippen molar-refractivity contribution in [3.05, 3.63) is 60.3 Å². The van der Waals surface area contributed by atoms with Crippen LogP contribution in [-0.2, 0) is 21.1 Å². The van der Waals surface area contributed by atoms with Gasteiger partial charge >= 0.3 is 0 Å². The van der Waals surface area contributed by atoms with Crippen LogP contribution >= 0.6 is 0 Å². The molecule has 6 nitrogen and oxygen atoms in total. The second kappa shape index (κ2) is 6.57. The second-order valence-corrected chi connectivity index (χ2v) is 8.64. The molecule has 0 N–H and O–H groups in total. The maximum Gasteiger partial charge on any atom is 0.228 e. The summed E-state index contributed by atoms with van der Waals surface area (Å²) in [4.78, 5) is 14.5. The van der Waals surface area contributed by atoms with Crippen molar-refractivity contribution in [2.75, 3.05) is 13.1 Å². The summed E-state index contributed by atoms with van der Waals surface area (Å²) in [5.74, 6) is -0.130. The van der Waals surface area contributed by atoms with Gasteiger partial charge in [-0.05, 0) is 30.7 Å². The van der Waals surface area contributed by atoms with Crippen LogP contribution in [0.4, 0.5) is 0 Å². The average molecular weight is 370 g/mol. The molecule has 3 aromatic rings. The first-order valence-corrected chi connectivity index (χ1v) is 10.0. The first-order valence-electron chi connectivity index (χ1n) is 8.46. The molecule has 2 aromatic carbocycles. The van der Waals surface area contributed by atoms with Crippen LogP contribution in [0.2, 0.25) is 0 Å². The third-order valence-corrected chi connectivity index (χ3v) is 6.97. The Bertz CT molecular complexity index is 1040. The fourth-order valence-corrected chi connectivity index (χ4v) is 5.04. The topological polar surface area (TPSA) is 80.5 Å². The Hall–Kier alpha value is -2.67. The fourth-order valence-electron chi connectivity index (χ4n) is 3.33. The van der Waals surface area contributed by atoms with E-state index in [9.17, 15) is 13.2 Å². The molecular weight excluding hydrogens is 352 g/mol. The Morgan fingerprint density at radius 1 is 1.12 bits per heavy atom. The van der Waals surface area contributed by atoms with Gasteiger partial charge in [-0.2, -0.15) is 0 Å². The molecule has 0 aliphatic carbocycles. The summed E-state index contributed by atoms with van der Waals surface area (Å²) >= 11 is 0. The summed E-state index contributed by atoms with van der Waals surface area (Å²) < 4.78 is 30.7. The van der Waals surface area contributed by atoms with E-state index in [2.05, 4.69) is 5.16 Å². The Balaban J connectivity index is 1.48. The Kier molecular flexibility index (Phi) is 4.24. The van der Waals surface area contributed by atoms with Crippen LogP contribution in [0.3, 0.4) is 0 Å². The number of para-hydroxylation sites is 1. The van der Waals surface area contributed by atoms with Crippen molar-refractivity contribution in [3.63, 3.8) is 0 Å². The standard InChI is InChI=1S/C19H18N2O4S/c22-19(12-17-16-8-4-5-9-18(16)25-20-17)21-11-10-15(13-21)26(23,24)14-6-2-1-3-7-14/h1-9,15H,10-13H2. The van der Waals surface area contributed by atoms with Gasteiger partial charge in [0.25, 0.3) is 0 Å². The van der Waals surface area contributed by atoms with Gasteiger partial charge < -0.3 is 9.42 Å². The fraction of sp³-hybridized carbons (Fsp3) is 0.263. The summed E-state index contributed by atoms with van der Waals surface area (Å²) in [5, 5.41) is 4.23. The number of sulfone groups is 1. The normalized spacial score (nSPS) is 17.7. The molecule has 1 aliphatic heterocycles. The summed E-state index contributed by atoms with van der Waals surface area (Å²) in [7, 11) is -3.43. The van der Waals surface area contributed by atoms with E-state index in [0.717, 1.165) is 5.39 Å². The molecule has 1 fully saturated rings. The number of carbonyl (C=O) groups excluding carboxylic acids is 1. The number of nitrogens with zero attached hydrogens (tertiary/aromatic N) is 2. The van der Waals surface area contributed by atoms with Crippen molar-refractivity contribution in [2.45, 2.75) is 23.0 Å². The molecule has 4 rings (SSSR count). The monoisotopic (exact) mass is 370 g/mol. The molecule has 0 saturated carbocycles. The molecule has 1 aromatic heterocycles. The molecule has 2 heterocycles. The largest absolute Gasteiger partial charge is 0.356 e. The van der Waals surface area contributed by atoms with Crippen molar-refractivity contribution < 1.29 is 17.7 Å². The molecule has 0 radical (unpaired) electrons. The highest BCUT2D eigenvalue weighted by atomic mass is 32.2. The third kappa shape index (κ3) is 2.99. The lowest BCUT2D eigenvalue weighted by molar-refractivity contribution is -0.129. The number of fused-ring (bicyclic) bond motifs is 1. The smallest absolute Gasteiger partial charge is 0.228 e. The number of likely N-dealkylation sites (tertiary alicyclic amines) is 1. The van der Waals surface area contributed by atoms with Crippen LogP contribution in [0.1, 0.15) is 12.1 Å². The van der Waals surface area contributed by atoms with Gasteiger partial charge in [-0.15, -0.1) is 0 Å². The van der Waals surface area contributed by atoms with Crippen LogP contribution in [-0.4, -0.2) is 42.7 Å². The van der Waals surface area contributed by atoms with Crippen molar-refractivity contribution in [1.29, 1.82) is 0 Å². The molecule has 26 heavy (non-hydrogen) atoms. The number of hydrogen-bond donors (Lipinski definition) is 0.